The number of sulfonamides is 1. The number of halogens is 2. The lowest BCUT2D eigenvalue weighted by molar-refractivity contribution is 0.598. The van der Waals surface area contributed by atoms with Gasteiger partial charge in [0, 0.05) is 17.2 Å². The molecule has 0 amide bonds. The van der Waals surface area contributed by atoms with Crippen LogP contribution in [0.4, 0.5) is 5.82 Å². The highest BCUT2D eigenvalue weighted by Gasteiger charge is 2.07. The van der Waals surface area contributed by atoms with Crippen molar-refractivity contribution in [1.82, 2.24) is 4.98 Å². The van der Waals surface area contributed by atoms with Gasteiger partial charge < -0.3 is 5.32 Å². The van der Waals surface area contributed by atoms with E-state index in [9.17, 15) is 8.42 Å². The number of anilines is 1. The second-order valence-electron chi connectivity index (χ2n) is 4.35. The van der Waals surface area contributed by atoms with Crippen LogP contribution in [-0.4, -0.2) is 19.9 Å². The molecule has 2 aromatic rings. The van der Waals surface area contributed by atoms with Crippen molar-refractivity contribution < 1.29 is 8.42 Å². The molecule has 0 spiro atoms. The third kappa shape index (κ3) is 4.77. The summed E-state index contributed by atoms with van der Waals surface area (Å²) in [6, 6.07) is 8.45. The predicted octanol–water partition coefficient (Wildman–Crippen LogP) is 2.91. The van der Waals surface area contributed by atoms with Crippen LogP contribution in [-0.2, 0) is 16.4 Å². The van der Waals surface area contributed by atoms with Crippen molar-refractivity contribution in [1.29, 1.82) is 0 Å². The third-order valence-electron chi connectivity index (χ3n) is 2.77. The predicted molar refractivity (Wildman–Crippen MR) is 89.6 cm³/mol. The van der Waals surface area contributed by atoms with Gasteiger partial charge in [0.25, 0.3) is 0 Å². The SMILES string of the molecule is NS(=O)(=O)c1ccc(CCNc2ncc(Br)cc2Br)cc1. The van der Waals surface area contributed by atoms with Gasteiger partial charge in [-0.25, -0.2) is 18.5 Å². The van der Waals surface area contributed by atoms with Crippen LogP contribution in [0.25, 0.3) is 0 Å². The minimum atomic E-state index is -3.63. The molecule has 0 aliphatic heterocycles. The Labute approximate surface area is 140 Å². The summed E-state index contributed by atoms with van der Waals surface area (Å²) in [5.41, 5.74) is 1.02. The molecule has 2 rings (SSSR count). The summed E-state index contributed by atoms with van der Waals surface area (Å²) in [4.78, 5) is 4.38. The molecule has 0 bridgehead atoms. The van der Waals surface area contributed by atoms with Gasteiger partial charge in [-0.1, -0.05) is 12.1 Å². The Hall–Kier alpha value is -0.960. The van der Waals surface area contributed by atoms with Gasteiger partial charge in [0.2, 0.25) is 10.0 Å². The summed E-state index contributed by atoms with van der Waals surface area (Å²) in [6.45, 7) is 0.682. The van der Waals surface area contributed by atoms with Crippen molar-refractivity contribution in [3.63, 3.8) is 0 Å². The average molecular weight is 435 g/mol. The largest absolute Gasteiger partial charge is 0.369 e. The van der Waals surface area contributed by atoms with Crippen LogP contribution in [0.1, 0.15) is 5.56 Å². The molecule has 1 aromatic carbocycles. The molecule has 21 heavy (non-hydrogen) atoms. The topological polar surface area (TPSA) is 85.1 Å². The van der Waals surface area contributed by atoms with Crippen molar-refractivity contribution in [2.45, 2.75) is 11.3 Å². The van der Waals surface area contributed by atoms with Crippen molar-refractivity contribution >= 4 is 47.7 Å². The van der Waals surface area contributed by atoms with Crippen molar-refractivity contribution in [2.24, 2.45) is 5.14 Å². The molecule has 1 heterocycles. The number of nitrogens with one attached hydrogen (secondary N) is 1. The highest BCUT2D eigenvalue weighted by molar-refractivity contribution is 9.11. The second-order valence-corrected chi connectivity index (χ2v) is 7.68. The fourth-order valence-electron chi connectivity index (χ4n) is 1.72. The van der Waals surface area contributed by atoms with E-state index in [1.807, 2.05) is 6.07 Å². The zero-order valence-corrected chi connectivity index (χ0v) is 14.9. The number of hydrogen-bond donors (Lipinski definition) is 2. The standard InChI is InChI=1S/C13H13Br2N3O2S/c14-10-7-12(15)13(18-8-10)17-6-5-9-1-3-11(4-2-9)21(16,19)20/h1-4,7-8H,5-6H2,(H,17,18)(H2,16,19,20). The van der Waals surface area contributed by atoms with Crippen LogP contribution < -0.4 is 10.5 Å². The summed E-state index contributed by atoms with van der Waals surface area (Å²) in [7, 11) is -3.63. The van der Waals surface area contributed by atoms with Crippen molar-refractivity contribution in [3.05, 3.63) is 51.0 Å². The van der Waals surface area contributed by atoms with Crippen molar-refractivity contribution in [2.75, 3.05) is 11.9 Å². The maximum absolute atomic E-state index is 11.2. The number of rotatable bonds is 5. The van der Waals surface area contributed by atoms with Gasteiger partial charge in [-0.15, -0.1) is 0 Å². The van der Waals surface area contributed by atoms with E-state index in [0.717, 1.165) is 26.7 Å². The van der Waals surface area contributed by atoms with E-state index in [-0.39, 0.29) is 4.90 Å². The first kappa shape index (κ1) is 16.4. The fourth-order valence-corrected chi connectivity index (χ4v) is 3.36. The molecule has 3 N–H and O–H groups in total. The molecule has 0 aliphatic carbocycles. The number of nitrogens with zero attached hydrogens (tertiary/aromatic N) is 1. The maximum atomic E-state index is 11.2. The van der Waals surface area contributed by atoms with E-state index in [0.29, 0.717) is 6.54 Å². The second kappa shape index (κ2) is 6.87. The highest BCUT2D eigenvalue weighted by atomic mass is 79.9. The number of aromatic nitrogens is 1. The molecule has 112 valence electrons. The van der Waals surface area contributed by atoms with Gasteiger partial charge in [0.15, 0.2) is 0 Å². The lowest BCUT2D eigenvalue weighted by Gasteiger charge is -2.08. The summed E-state index contributed by atoms with van der Waals surface area (Å²) < 4.78 is 24.1. The first-order valence-corrected chi connectivity index (χ1v) is 9.16. The first-order chi connectivity index (χ1) is 9.86. The van der Waals surface area contributed by atoms with Crippen LogP contribution in [0, 0.1) is 0 Å². The minimum Gasteiger partial charge on any atom is -0.369 e. The summed E-state index contributed by atoms with van der Waals surface area (Å²) in [5.74, 6) is 0.763. The number of benzene rings is 1. The van der Waals surface area contributed by atoms with Crippen LogP contribution in [0.5, 0.6) is 0 Å². The molecule has 0 aliphatic rings. The monoisotopic (exact) mass is 433 g/mol. The number of nitrogens with two attached hydrogens (primary N) is 1. The van der Waals surface area contributed by atoms with Crippen LogP contribution in [0.15, 0.2) is 50.4 Å². The van der Waals surface area contributed by atoms with E-state index < -0.39 is 10.0 Å². The number of hydrogen-bond acceptors (Lipinski definition) is 4. The molecule has 0 radical (unpaired) electrons. The Balaban J connectivity index is 1.94. The van der Waals surface area contributed by atoms with Gasteiger partial charge in [-0.2, -0.15) is 0 Å². The van der Waals surface area contributed by atoms with Gasteiger partial charge in [0.05, 0.1) is 9.37 Å². The Kier molecular flexibility index (Phi) is 5.37. The van der Waals surface area contributed by atoms with E-state index >= 15 is 0 Å². The lowest BCUT2D eigenvalue weighted by Crippen LogP contribution is -2.12. The number of primary sulfonamides is 1. The summed E-state index contributed by atoms with van der Waals surface area (Å²) in [5, 5.41) is 8.27. The third-order valence-corrected chi connectivity index (χ3v) is 4.73. The van der Waals surface area contributed by atoms with Gasteiger partial charge >= 0.3 is 0 Å². The molecule has 8 heteroatoms. The van der Waals surface area contributed by atoms with Gasteiger partial charge in [-0.05, 0) is 62.0 Å². The Morgan fingerprint density at radius 3 is 2.43 bits per heavy atom. The molecule has 0 fully saturated rings. The quantitative estimate of drug-likeness (QED) is 0.757. The average Bonchev–Trinajstić information content (AvgIpc) is 2.41. The minimum absolute atomic E-state index is 0.122. The smallest absolute Gasteiger partial charge is 0.238 e. The van der Waals surface area contributed by atoms with E-state index in [4.69, 9.17) is 5.14 Å². The normalized spacial score (nSPS) is 11.4. The summed E-state index contributed by atoms with van der Waals surface area (Å²) >= 11 is 6.77. The molecule has 0 saturated carbocycles. The first-order valence-electron chi connectivity index (χ1n) is 6.03. The van der Waals surface area contributed by atoms with Crippen LogP contribution in [0.3, 0.4) is 0 Å². The maximum Gasteiger partial charge on any atom is 0.238 e. The molecule has 0 atom stereocenters. The fraction of sp³-hybridized carbons (Fsp3) is 0.154. The molecular weight excluding hydrogens is 422 g/mol. The Bertz CT molecular complexity index is 734. The van der Waals surface area contributed by atoms with Crippen LogP contribution in [0.2, 0.25) is 0 Å². The van der Waals surface area contributed by atoms with Gasteiger partial charge in [-0.3, -0.25) is 0 Å². The number of pyridine rings is 1. The Morgan fingerprint density at radius 1 is 1.19 bits per heavy atom. The van der Waals surface area contributed by atoms with E-state index in [1.54, 1.807) is 18.3 Å². The molecular formula is C13H13Br2N3O2S. The van der Waals surface area contributed by atoms with Crippen LogP contribution >= 0.6 is 31.9 Å². The molecule has 0 saturated heterocycles. The zero-order chi connectivity index (χ0) is 15.5. The molecule has 5 nitrogen and oxygen atoms in total. The zero-order valence-electron chi connectivity index (χ0n) is 10.9. The van der Waals surface area contributed by atoms with E-state index in [2.05, 4.69) is 42.2 Å². The highest BCUT2D eigenvalue weighted by Crippen LogP contribution is 2.23. The lowest BCUT2D eigenvalue weighted by atomic mass is 10.1. The molecule has 0 unspecified atom stereocenters. The van der Waals surface area contributed by atoms with E-state index in [1.165, 1.54) is 12.1 Å². The molecule has 1 aromatic heterocycles. The van der Waals surface area contributed by atoms with Gasteiger partial charge in [0.1, 0.15) is 5.82 Å². The summed E-state index contributed by atoms with van der Waals surface area (Å²) in [6.07, 6.45) is 2.46. The Morgan fingerprint density at radius 2 is 1.86 bits per heavy atom. The van der Waals surface area contributed by atoms with Crippen molar-refractivity contribution in [3.8, 4) is 0 Å².